The third-order valence-electron chi connectivity index (χ3n) is 5.59. The van der Waals surface area contributed by atoms with Crippen LogP contribution >= 0.6 is 0 Å². The van der Waals surface area contributed by atoms with Crippen LogP contribution in [0.25, 0.3) is 16.7 Å². The van der Waals surface area contributed by atoms with Gasteiger partial charge in [-0.15, -0.1) is 0 Å². The van der Waals surface area contributed by atoms with Crippen LogP contribution in [-0.2, 0) is 11.3 Å². The molecule has 0 aliphatic heterocycles. The molecule has 0 saturated heterocycles. The molecule has 1 fully saturated rings. The zero-order valence-electron chi connectivity index (χ0n) is 16.7. The molecule has 0 unspecified atom stereocenters. The van der Waals surface area contributed by atoms with Gasteiger partial charge in [-0.3, -0.25) is 19.4 Å². The van der Waals surface area contributed by atoms with Gasteiger partial charge in [-0.2, -0.15) is 0 Å². The van der Waals surface area contributed by atoms with Crippen molar-refractivity contribution in [2.24, 2.45) is 0 Å². The maximum atomic E-state index is 13.2. The van der Waals surface area contributed by atoms with Crippen molar-refractivity contribution in [3.05, 3.63) is 51.4 Å². The number of hydrogen-bond acceptors (Lipinski definition) is 5. The van der Waals surface area contributed by atoms with Gasteiger partial charge in [-0.05, 0) is 37.5 Å². The highest BCUT2D eigenvalue weighted by atomic mass is 16.5. The summed E-state index contributed by atoms with van der Waals surface area (Å²) < 4.78 is 8.26. The molecule has 8 heteroatoms. The molecule has 4 rings (SSSR count). The molecule has 0 spiro atoms. The van der Waals surface area contributed by atoms with Crippen LogP contribution in [0.15, 0.2) is 29.2 Å². The van der Waals surface area contributed by atoms with Crippen LogP contribution in [0, 0.1) is 12.3 Å². The molecule has 0 atom stereocenters. The topological polar surface area (TPSA) is 101 Å². The van der Waals surface area contributed by atoms with E-state index < -0.39 is 0 Å². The first-order valence-corrected chi connectivity index (χ1v) is 9.91. The number of hydrogen-bond donors (Lipinski definition) is 2. The lowest BCUT2D eigenvalue weighted by Crippen LogP contribution is -2.39. The van der Waals surface area contributed by atoms with E-state index in [1.165, 1.54) is 10.5 Å². The largest absolute Gasteiger partial charge is 0.383 e. The van der Waals surface area contributed by atoms with Crippen LogP contribution < -0.4 is 16.4 Å². The van der Waals surface area contributed by atoms with E-state index in [0.29, 0.717) is 29.8 Å². The predicted octanol–water partition coefficient (Wildman–Crippen LogP) is 1.76. The Morgan fingerprint density at radius 3 is 2.83 bits per heavy atom. The lowest BCUT2D eigenvalue weighted by Gasteiger charge is -2.16. The number of nitrogens with one attached hydrogen (secondary N) is 2. The fourth-order valence-electron chi connectivity index (χ4n) is 4.00. The molecular weight excluding hydrogens is 370 g/mol. The number of nitrogens with zero attached hydrogens (tertiary/aromatic N) is 3. The number of carbonyl (C=O) groups is 1. The van der Waals surface area contributed by atoms with Gasteiger partial charge in [0.2, 0.25) is 0 Å². The van der Waals surface area contributed by atoms with E-state index >= 15 is 0 Å². The van der Waals surface area contributed by atoms with Crippen molar-refractivity contribution in [2.45, 2.75) is 45.2 Å². The van der Waals surface area contributed by atoms with E-state index in [0.717, 1.165) is 31.2 Å². The monoisotopic (exact) mass is 395 g/mol. The van der Waals surface area contributed by atoms with Gasteiger partial charge in [0.1, 0.15) is 16.8 Å². The average molecular weight is 395 g/mol. The molecule has 8 nitrogen and oxygen atoms in total. The number of amides is 1. The number of carbonyl (C=O) groups excluding carboxylic acids is 1. The standard InChI is InChI=1S/C21H25N5O3/c1-13-6-5-9-26-18(13)24-19-16(21(26)28)12-15(17(22)25(19)10-11-29-2)20(27)23-14-7-3-4-8-14/h5-6,9,12,14,22H,3-4,7-8,10-11H2,1-2H3,(H,23,27). The fourth-order valence-corrected chi connectivity index (χ4v) is 4.00. The molecule has 1 amide bonds. The van der Waals surface area contributed by atoms with Gasteiger partial charge in [0, 0.05) is 25.9 Å². The number of aryl methyl sites for hydroxylation is 1. The molecule has 3 aromatic heterocycles. The minimum absolute atomic E-state index is 0.0369. The van der Waals surface area contributed by atoms with Crippen molar-refractivity contribution >= 4 is 22.6 Å². The molecule has 3 heterocycles. The summed E-state index contributed by atoms with van der Waals surface area (Å²) in [6.07, 6.45) is 5.76. The maximum Gasteiger partial charge on any atom is 0.267 e. The number of aromatic nitrogens is 3. The molecule has 152 valence electrons. The molecule has 0 bridgehead atoms. The van der Waals surface area contributed by atoms with Crippen LogP contribution in [0.3, 0.4) is 0 Å². The smallest absolute Gasteiger partial charge is 0.267 e. The van der Waals surface area contributed by atoms with E-state index in [1.807, 2.05) is 13.0 Å². The number of pyridine rings is 2. The normalized spacial score (nSPS) is 14.7. The Balaban J connectivity index is 1.95. The first kappa shape index (κ1) is 19.3. The van der Waals surface area contributed by atoms with Crippen molar-refractivity contribution in [3.63, 3.8) is 0 Å². The number of methoxy groups -OCH3 is 1. The molecule has 1 aliphatic rings. The van der Waals surface area contributed by atoms with E-state index in [2.05, 4.69) is 10.3 Å². The van der Waals surface area contributed by atoms with E-state index in [1.54, 1.807) is 23.9 Å². The summed E-state index contributed by atoms with van der Waals surface area (Å²) in [4.78, 5) is 30.8. The summed E-state index contributed by atoms with van der Waals surface area (Å²) >= 11 is 0. The molecule has 1 saturated carbocycles. The van der Waals surface area contributed by atoms with Gasteiger partial charge < -0.3 is 14.6 Å². The molecule has 0 radical (unpaired) electrons. The van der Waals surface area contributed by atoms with Gasteiger partial charge in [-0.25, -0.2) is 4.98 Å². The average Bonchev–Trinajstić information content (AvgIpc) is 3.21. The Hall–Kier alpha value is -3.00. The molecular formula is C21H25N5O3. The molecule has 3 aromatic rings. The molecule has 2 N–H and O–H groups in total. The Kier molecular flexibility index (Phi) is 5.19. The Bertz CT molecular complexity index is 1200. The second-order valence-electron chi connectivity index (χ2n) is 7.54. The summed E-state index contributed by atoms with van der Waals surface area (Å²) in [7, 11) is 1.57. The highest BCUT2D eigenvalue weighted by molar-refractivity contribution is 5.97. The summed E-state index contributed by atoms with van der Waals surface area (Å²) in [5.74, 6) is -0.316. The minimum Gasteiger partial charge on any atom is -0.383 e. The number of fused-ring (bicyclic) bond motifs is 2. The molecule has 0 aromatic carbocycles. The second-order valence-corrected chi connectivity index (χ2v) is 7.54. The Morgan fingerprint density at radius 2 is 2.10 bits per heavy atom. The summed E-state index contributed by atoms with van der Waals surface area (Å²) in [6, 6.07) is 5.32. The highest BCUT2D eigenvalue weighted by Crippen LogP contribution is 2.18. The summed E-state index contributed by atoms with van der Waals surface area (Å²) in [5.41, 5.74) is 1.76. The van der Waals surface area contributed by atoms with Gasteiger partial charge in [0.15, 0.2) is 0 Å². The second kappa shape index (κ2) is 7.79. The summed E-state index contributed by atoms with van der Waals surface area (Å²) in [6.45, 7) is 2.55. The fraction of sp³-hybridized carbons (Fsp3) is 0.429. The van der Waals surface area contributed by atoms with Crippen LogP contribution in [0.1, 0.15) is 41.6 Å². The molecule has 29 heavy (non-hydrogen) atoms. The number of rotatable bonds is 5. The predicted molar refractivity (Wildman–Crippen MR) is 109 cm³/mol. The van der Waals surface area contributed by atoms with E-state index in [-0.39, 0.29) is 28.6 Å². The van der Waals surface area contributed by atoms with Gasteiger partial charge in [0.25, 0.3) is 11.5 Å². The first-order valence-electron chi connectivity index (χ1n) is 9.91. The lowest BCUT2D eigenvalue weighted by atomic mass is 10.1. The van der Waals surface area contributed by atoms with E-state index in [9.17, 15) is 9.59 Å². The van der Waals surface area contributed by atoms with Crippen molar-refractivity contribution in [1.82, 2.24) is 19.3 Å². The van der Waals surface area contributed by atoms with Crippen molar-refractivity contribution in [2.75, 3.05) is 13.7 Å². The maximum absolute atomic E-state index is 13.2. The van der Waals surface area contributed by atoms with E-state index in [4.69, 9.17) is 10.1 Å². The van der Waals surface area contributed by atoms with Crippen LogP contribution in [0.2, 0.25) is 0 Å². The van der Waals surface area contributed by atoms with Crippen molar-refractivity contribution < 1.29 is 9.53 Å². The van der Waals surface area contributed by atoms with Crippen LogP contribution in [-0.4, -0.2) is 39.6 Å². The third kappa shape index (κ3) is 3.44. The number of ether oxygens (including phenoxy) is 1. The van der Waals surface area contributed by atoms with Gasteiger partial charge >= 0.3 is 0 Å². The quantitative estimate of drug-likeness (QED) is 0.643. The first-order chi connectivity index (χ1) is 14.0. The highest BCUT2D eigenvalue weighted by Gasteiger charge is 2.22. The van der Waals surface area contributed by atoms with Crippen LogP contribution in [0.5, 0.6) is 0 Å². The SMILES string of the molecule is COCCn1c(=N)c(C(=O)NC2CCCC2)cc2c(=O)n3cccc(C)c3nc21. The summed E-state index contributed by atoms with van der Waals surface area (Å²) in [5, 5.41) is 12.0. The molecule has 1 aliphatic carbocycles. The van der Waals surface area contributed by atoms with Crippen molar-refractivity contribution in [1.29, 1.82) is 5.41 Å². The zero-order valence-corrected chi connectivity index (χ0v) is 16.7. The van der Waals surface area contributed by atoms with Gasteiger partial charge in [0.05, 0.1) is 17.6 Å². The lowest BCUT2D eigenvalue weighted by molar-refractivity contribution is 0.0935. The minimum atomic E-state index is -0.316. The Labute approximate surface area is 167 Å². The third-order valence-corrected chi connectivity index (χ3v) is 5.59. The van der Waals surface area contributed by atoms with Gasteiger partial charge in [-0.1, -0.05) is 18.9 Å². The van der Waals surface area contributed by atoms with Crippen LogP contribution in [0.4, 0.5) is 0 Å². The Morgan fingerprint density at radius 1 is 1.34 bits per heavy atom. The zero-order chi connectivity index (χ0) is 20.5. The van der Waals surface area contributed by atoms with Crippen molar-refractivity contribution in [3.8, 4) is 0 Å².